The summed E-state index contributed by atoms with van der Waals surface area (Å²) in [5.74, 6) is -1.33. The zero-order chi connectivity index (χ0) is 18.4. The van der Waals surface area contributed by atoms with Crippen LogP contribution in [0.4, 0.5) is 19.0 Å². The molecule has 25 heavy (non-hydrogen) atoms. The van der Waals surface area contributed by atoms with E-state index in [0.717, 1.165) is 22.9 Å². The van der Waals surface area contributed by atoms with Crippen LogP contribution in [0.1, 0.15) is 5.56 Å². The Morgan fingerprint density at radius 2 is 2.08 bits per heavy atom. The fourth-order valence-electron chi connectivity index (χ4n) is 2.30. The predicted molar refractivity (Wildman–Crippen MR) is 74.6 cm³/mol. The first-order valence-corrected chi connectivity index (χ1v) is 8.36. The lowest BCUT2D eigenvalue weighted by Gasteiger charge is -2.22. The maximum absolute atomic E-state index is 12.5. The topological polar surface area (TPSA) is 117 Å². The maximum Gasteiger partial charge on any atom is 0.417 e. The lowest BCUT2D eigenvalue weighted by atomic mass is 10.3. The van der Waals surface area contributed by atoms with E-state index in [2.05, 4.69) is 9.97 Å². The van der Waals surface area contributed by atoms with Gasteiger partial charge in [0.25, 0.3) is 0 Å². The monoisotopic (exact) mass is 378 g/mol. The molecule has 1 aliphatic rings. The number of nitrogens with zero attached hydrogens (tertiary/aromatic N) is 4. The first-order valence-electron chi connectivity index (χ1n) is 6.70. The van der Waals surface area contributed by atoms with Gasteiger partial charge in [-0.25, -0.2) is 13.4 Å². The fourth-order valence-corrected chi connectivity index (χ4v) is 3.83. The number of alkyl halides is 3. The van der Waals surface area contributed by atoms with E-state index in [-0.39, 0.29) is 12.4 Å². The highest BCUT2D eigenvalue weighted by Gasteiger charge is 2.39. The largest absolute Gasteiger partial charge is 0.471 e. The van der Waals surface area contributed by atoms with E-state index in [1.165, 1.54) is 0 Å². The van der Waals surface area contributed by atoms with Crippen LogP contribution in [0.15, 0.2) is 29.7 Å². The van der Waals surface area contributed by atoms with Crippen molar-refractivity contribution in [2.24, 2.45) is 0 Å². The summed E-state index contributed by atoms with van der Waals surface area (Å²) in [4.78, 5) is 16.9. The number of imidazole rings is 1. The van der Waals surface area contributed by atoms with Crippen molar-refractivity contribution in [3.63, 3.8) is 0 Å². The second-order valence-electron chi connectivity index (χ2n) is 5.20. The SMILES string of the molecule is O=[N+]([O-])c1cn2c(n1)S(=O)(=O)CC(Oc1ccc(C(F)(F)F)cn1)C2. The summed E-state index contributed by atoms with van der Waals surface area (Å²) in [5.41, 5.74) is -0.969. The van der Waals surface area contributed by atoms with Gasteiger partial charge in [-0.1, -0.05) is 0 Å². The molecule has 0 saturated carbocycles. The fraction of sp³-hybridized carbons (Fsp3) is 0.333. The van der Waals surface area contributed by atoms with Crippen molar-refractivity contribution in [1.29, 1.82) is 0 Å². The normalized spacial score (nSPS) is 19.2. The van der Waals surface area contributed by atoms with Crippen LogP contribution < -0.4 is 4.74 Å². The molecule has 0 saturated heterocycles. The van der Waals surface area contributed by atoms with Gasteiger partial charge in [-0.2, -0.15) is 13.2 Å². The minimum Gasteiger partial charge on any atom is -0.471 e. The Morgan fingerprint density at radius 1 is 1.36 bits per heavy atom. The summed E-state index contributed by atoms with van der Waals surface area (Å²) in [5, 5.41) is 10.3. The Morgan fingerprint density at radius 3 is 2.64 bits per heavy atom. The number of hydrogen-bond acceptors (Lipinski definition) is 7. The van der Waals surface area contributed by atoms with Crippen molar-refractivity contribution in [3.05, 3.63) is 40.2 Å². The Kier molecular flexibility index (Phi) is 3.89. The van der Waals surface area contributed by atoms with E-state index in [1.807, 2.05) is 0 Å². The molecule has 0 N–H and O–H groups in total. The number of hydrogen-bond donors (Lipinski definition) is 0. The molecule has 0 aromatic carbocycles. The van der Waals surface area contributed by atoms with Crippen LogP contribution in [0.2, 0.25) is 0 Å². The molecule has 3 rings (SSSR count). The molecule has 0 bridgehead atoms. The van der Waals surface area contributed by atoms with Gasteiger partial charge in [-0.15, -0.1) is 0 Å². The lowest BCUT2D eigenvalue weighted by Crippen LogP contribution is -2.37. The van der Waals surface area contributed by atoms with Gasteiger partial charge < -0.3 is 14.9 Å². The van der Waals surface area contributed by atoms with Crippen molar-refractivity contribution >= 4 is 15.7 Å². The number of halogens is 3. The summed E-state index contributed by atoms with van der Waals surface area (Å²) >= 11 is 0. The quantitative estimate of drug-likeness (QED) is 0.586. The molecule has 134 valence electrons. The second-order valence-corrected chi connectivity index (χ2v) is 7.12. The highest BCUT2D eigenvalue weighted by atomic mass is 32.2. The average Bonchev–Trinajstić information content (AvgIpc) is 2.91. The van der Waals surface area contributed by atoms with Gasteiger partial charge in [0, 0.05) is 12.3 Å². The molecule has 1 atom stereocenters. The van der Waals surface area contributed by atoms with Crippen molar-refractivity contribution < 1.29 is 31.2 Å². The van der Waals surface area contributed by atoms with Crippen molar-refractivity contribution in [2.75, 3.05) is 5.75 Å². The van der Waals surface area contributed by atoms with Crippen molar-refractivity contribution in [3.8, 4) is 5.88 Å². The standard InChI is InChI=1S/C12H9F3N4O5S/c13-12(14,15)7-1-2-10(16-3-7)24-8-4-18-5-9(19(20)21)17-11(18)25(22,23)6-8/h1-3,5,8H,4,6H2. The van der Waals surface area contributed by atoms with Crippen LogP contribution in [0.5, 0.6) is 5.88 Å². The smallest absolute Gasteiger partial charge is 0.417 e. The van der Waals surface area contributed by atoms with Crippen LogP contribution in [0, 0.1) is 10.1 Å². The van der Waals surface area contributed by atoms with Crippen LogP contribution in [-0.2, 0) is 22.6 Å². The Bertz CT molecular complexity index is 923. The first kappa shape index (κ1) is 17.1. The molecule has 13 heteroatoms. The van der Waals surface area contributed by atoms with E-state index >= 15 is 0 Å². The summed E-state index contributed by atoms with van der Waals surface area (Å²) in [7, 11) is -3.94. The summed E-state index contributed by atoms with van der Waals surface area (Å²) in [6.45, 7) is -0.0713. The number of sulfone groups is 1. The molecule has 1 aliphatic heterocycles. The molecule has 0 radical (unpaired) electrons. The zero-order valence-corrected chi connectivity index (χ0v) is 13.0. The molecule has 0 amide bonds. The number of rotatable bonds is 3. The van der Waals surface area contributed by atoms with Crippen molar-refractivity contribution in [2.45, 2.75) is 24.0 Å². The van der Waals surface area contributed by atoms with Gasteiger partial charge in [-0.05, 0) is 16.0 Å². The molecular weight excluding hydrogens is 369 g/mol. The predicted octanol–water partition coefficient (Wildman–Crippen LogP) is 1.44. The Hall–Kier alpha value is -2.70. The third-order valence-corrected chi connectivity index (χ3v) is 5.04. The van der Waals surface area contributed by atoms with Gasteiger partial charge >= 0.3 is 17.2 Å². The molecule has 0 fully saturated rings. The van der Waals surface area contributed by atoms with Crippen LogP contribution >= 0.6 is 0 Å². The van der Waals surface area contributed by atoms with E-state index in [9.17, 15) is 31.7 Å². The van der Waals surface area contributed by atoms with E-state index < -0.39 is 49.3 Å². The van der Waals surface area contributed by atoms with Gasteiger partial charge in [0.05, 0.1) is 17.9 Å². The van der Waals surface area contributed by atoms with Crippen LogP contribution in [-0.4, -0.2) is 39.7 Å². The molecule has 0 aliphatic carbocycles. The molecule has 2 aromatic heterocycles. The number of fused-ring (bicyclic) bond motifs is 1. The molecule has 2 aromatic rings. The van der Waals surface area contributed by atoms with Crippen LogP contribution in [0.25, 0.3) is 0 Å². The highest BCUT2D eigenvalue weighted by Crippen LogP contribution is 2.30. The molecule has 1 unspecified atom stereocenters. The Balaban J connectivity index is 1.82. The number of aromatic nitrogens is 3. The van der Waals surface area contributed by atoms with Gasteiger partial charge in [0.2, 0.25) is 15.7 Å². The van der Waals surface area contributed by atoms with Gasteiger partial charge in [0.15, 0.2) is 0 Å². The van der Waals surface area contributed by atoms with E-state index in [1.54, 1.807) is 0 Å². The third-order valence-electron chi connectivity index (χ3n) is 3.35. The van der Waals surface area contributed by atoms with Gasteiger partial charge in [-0.3, -0.25) is 4.57 Å². The average molecular weight is 378 g/mol. The van der Waals surface area contributed by atoms with Gasteiger partial charge in [0.1, 0.15) is 12.3 Å². The minimum atomic E-state index is -4.55. The summed E-state index contributed by atoms with van der Waals surface area (Å²) in [6.07, 6.45) is -4.00. The highest BCUT2D eigenvalue weighted by molar-refractivity contribution is 7.91. The first-order chi connectivity index (χ1) is 11.6. The summed E-state index contributed by atoms with van der Waals surface area (Å²) in [6, 6.07) is 1.73. The number of ether oxygens (including phenoxy) is 1. The lowest BCUT2D eigenvalue weighted by molar-refractivity contribution is -0.389. The molecule has 9 nitrogen and oxygen atoms in total. The third kappa shape index (κ3) is 3.40. The second kappa shape index (κ2) is 5.68. The van der Waals surface area contributed by atoms with Crippen LogP contribution in [0.3, 0.4) is 0 Å². The molecular formula is C12H9F3N4O5S. The molecule has 0 spiro atoms. The Labute approximate surface area is 138 Å². The van der Waals surface area contributed by atoms with E-state index in [0.29, 0.717) is 6.20 Å². The number of pyridine rings is 1. The summed E-state index contributed by atoms with van der Waals surface area (Å²) < 4.78 is 68.1. The van der Waals surface area contributed by atoms with Crippen molar-refractivity contribution in [1.82, 2.24) is 14.5 Å². The zero-order valence-electron chi connectivity index (χ0n) is 12.2. The minimum absolute atomic E-state index is 0.0713. The molecule has 3 heterocycles. The maximum atomic E-state index is 12.5. The number of nitro groups is 1. The van der Waals surface area contributed by atoms with E-state index in [4.69, 9.17) is 4.74 Å².